The van der Waals surface area contributed by atoms with E-state index in [0.29, 0.717) is 16.2 Å². The highest BCUT2D eigenvalue weighted by Gasteiger charge is 2.33. The molecule has 0 saturated carbocycles. The predicted octanol–water partition coefficient (Wildman–Crippen LogP) is 3.42. The van der Waals surface area contributed by atoms with Crippen LogP contribution in [0, 0.1) is 11.3 Å². The molecule has 0 radical (unpaired) electrons. The first-order valence-electron chi connectivity index (χ1n) is 8.16. The number of aliphatic carboxylic acids is 1. The van der Waals surface area contributed by atoms with Gasteiger partial charge in [0, 0.05) is 5.56 Å². The van der Waals surface area contributed by atoms with Gasteiger partial charge in [0.1, 0.15) is 23.2 Å². The molecule has 3 rings (SSSR count). The fourth-order valence-electron chi connectivity index (χ4n) is 2.50. The number of hydrogen-bond donors (Lipinski definition) is 1. The Morgan fingerprint density at radius 2 is 1.96 bits per heavy atom. The predicted molar refractivity (Wildman–Crippen MR) is 109 cm³/mol. The first kappa shape index (κ1) is 19.6. The summed E-state index contributed by atoms with van der Waals surface area (Å²) in [5.41, 5.74) is 2.14. The number of carbonyl (C=O) groups excluding carboxylic acids is 1. The van der Waals surface area contributed by atoms with Gasteiger partial charge in [-0.25, -0.2) is 0 Å². The molecule has 0 atom stereocenters. The lowest BCUT2D eigenvalue weighted by molar-refractivity contribution is -0.140. The Bertz CT molecular complexity index is 1010. The van der Waals surface area contributed by atoms with Crippen molar-refractivity contribution in [3.8, 4) is 11.8 Å². The van der Waals surface area contributed by atoms with Crippen LogP contribution in [0.15, 0.2) is 53.4 Å². The van der Waals surface area contributed by atoms with Gasteiger partial charge >= 0.3 is 5.97 Å². The molecule has 0 bridgehead atoms. The molecule has 1 N–H and O–H groups in total. The van der Waals surface area contributed by atoms with E-state index in [4.69, 9.17) is 27.3 Å². The van der Waals surface area contributed by atoms with E-state index >= 15 is 0 Å². The fourth-order valence-corrected chi connectivity index (χ4v) is 3.75. The van der Waals surface area contributed by atoms with E-state index in [2.05, 4.69) is 6.07 Å². The maximum absolute atomic E-state index is 12.3. The zero-order chi connectivity index (χ0) is 20.1. The molecule has 1 amide bonds. The summed E-state index contributed by atoms with van der Waals surface area (Å²) in [6.45, 7) is -0.171. The number of carboxylic acids is 1. The average molecular weight is 410 g/mol. The van der Waals surface area contributed by atoms with Crippen molar-refractivity contribution in [2.45, 2.75) is 6.61 Å². The van der Waals surface area contributed by atoms with Crippen LogP contribution in [-0.2, 0) is 16.2 Å². The lowest BCUT2D eigenvalue weighted by atomic mass is 10.1. The molecule has 8 heteroatoms. The topological polar surface area (TPSA) is 90.6 Å². The van der Waals surface area contributed by atoms with Crippen molar-refractivity contribution >= 4 is 46.3 Å². The van der Waals surface area contributed by atoms with Crippen molar-refractivity contribution < 1.29 is 19.4 Å². The molecule has 28 heavy (non-hydrogen) atoms. The smallest absolute Gasteiger partial charge is 0.323 e. The summed E-state index contributed by atoms with van der Waals surface area (Å²) < 4.78 is 5.95. The van der Waals surface area contributed by atoms with E-state index in [-0.39, 0.29) is 10.9 Å². The van der Waals surface area contributed by atoms with Crippen molar-refractivity contribution in [2.75, 3.05) is 6.54 Å². The lowest BCUT2D eigenvalue weighted by Gasteiger charge is -2.10. The van der Waals surface area contributed by atoms with E-state index in [9.17, 15) is 9.59 Å². The molecular weight excluding hydrogens is 396 g/mol. The quantitative estimate of drug-likeness (QED) is 0.576. The van der Waals surface area contributed by atoms with E-state index in [1.807, 2.05) is 12.1 Å². The van der Waals surface area contributed by atoms with Gasteiger partial charge < -0.3 is 9.84 Å². The Morgan fingerprint density at radius 1 is 1.25 bits per heavy atom. The zero-order valence-electron chi connectivity index (χ0n) is 14.5. The molecule has 0 aliphatic carbocycles. The van der Waals surface area contributed by atoms with Crippen LogP contribution in [0.2, 0.25) is 0 Å². The van der Waals surface area contributed by atoms with Crippen LogP contribution in [0.25, 0.3) is 6.08 Å². The van der Waals surface area contributed by atoms with Crippen LogP contribution in [0.1, 0.15) is 16.7 Å². The number of thiocarbonyl (C=S) groups is 1. The monoisotopic (exact) mass is 410 g/mol. The summed E-state index contributed by atoms with van der Waals surface area (Å²) in [5, 5.41) is 18.0. The van der Waals surface area contributed by atoms with Gasteiger partial charge in [-0.1, -0.05) is 54.3 Å². The number of carbonyl (C=O) groups is 2. The van der Waals surface area contributed by atoms with Gasteiger partial charge in [0.15, 0.2) is 0 Å². The maximum Gasteiger partial charge on any atom is 0.323 e. The SMILES string of the molecule is N#Cc1ccccc1COc1ccc(/C=C2/SC(=S)N(CC(=O)O)C2=O)cc1. The second-order valence-corrected chi connectivity index (χ2v) is 7.46. The zero-order valence-corrected chi connectivity index (χ0v) is 16.1. The molecule has 1 heterocycles. The molecule has 2 aromatic carbocycles. The summed E-state index contributed by atoms with van der Waals surface area (Å²) in [6.07, 6.45) is 1.66. The molecule has 2 aromatic rings. The second-order valence-electron chi connectivity index (χ2n) is 5.79. The van der Waals surface area contributed by atoms with Crippen molar-refractivity contribution in [3.05, 3.63) is 70.1 Å². The Kier molecular flexibility index (Phi) is 6.09. The molecule has 0 spiro atoms. The number of nitrogens with zero attached hydrogens (tertiary/aromatic N) is 2. The van der Waals surface area contributed by atoms with Crippen LogP contribution in [0.4, 0.5) is 0 Å². The highest BCUT2D eigenvalue weighted by Crippen LogP contribution is 2.32. The van der Waals surface area contributed by atoms with Crippen molar-refractivity contribution in [1.29, 1.82) is 5.26 Å². The molecule has 6 nitrogen and oxygen atoms in total. The number of amides is 1. The van der Waals surface area contributed by atoms with Crippen LogP contribution in [0.5, 0.6) is 5.75 Å². The summed E-state index contributed by atoms with van der Waals surface area (Å²) in [5.74, 6) is -0.897. The maximum atomic E-state index is 12.3. The van der Waals surface area contributed by atoms with Crippen molar-refractivity contribution in [3.63, 3.8) is 0 Å². The number of carboxylic acid groups (broad SMARTS) is 1. The Labute approximate surface area is 171 Å². The number of ether oxygens (including phenoxy) is 1. The van der Waals surface area contributed by atoms with E-state index in [0.717, 1.165) is 27.8 Å². The number of hydrogen-bond acceptors (Lipinski definition) is 6. The molecule has 1 aliphatic rings. The van der Waals surface area contributed by atoms with Crippen molar-refractivity contribution in [2.24, 2.45) is 0 Å². The van der Waals surface area contributed by atoms with E-state index < -0.39 is 18.4 Å². The minimum absolute atomic E-state index is 0.231. The first-order chi connectivity index (χ1) is 13.5. The summed E-state index contributed by atoms with van der Waals surface area (Å²) in [7, 11) is 0. The third kappa shape index (κ3) is 4.57. The summed E-state index contributed by atoms with van der Waals surface area (Å²) in [4.78, 5) is 24.6. The fraction of sp³-hybridized carbons (Fsp3) is 0.100. The lowest BCUT2D eigenvalue weighted by Crippen LogP contribution is -2.33. The highest BCUT2D eigenvalue weighted by atomic mass is 32.2. The second kappa shape index (κ2) is 8.69. The van der Waals surface area contributed by atoms with Gasteiger partial charge in [-0.15, -0.1) is 0 Å². The molecule has 1 fully saturated rings. The minimum atomic E-state index is -1.11. The molecule has 1 aliphatic heterocycles. The number of nitriles is 1. The van der Waals surface area contributed by atoms with E-state index in [1.165, 1.54) is 0 Å². The Balaban J connectivity index is 1.67. The molecule has 0 aromatic heterocycles. The molecule has 1 saturated heterocycles. The molecule has 0 unspecified atom stereocenters. The summed E-state index contributed by atoms with van der Waals surface area (Å²) in [6, 6.07) is 16.5. The third-order valence-electron chi connectivity index (χ3n) is 3.88. The van der Waals surface area contributed by atoms with Gasteiger partial charge in [-0.2, -0.15) is 5.26 Å². The Morgan fingerprint density at radius 3 is 2.64 bits per heavy atom. The van der Waals surface area contributed by atoms with Gasteiger partial charge in [0.05, 0.1) is 16.5 Å². The van der Waals surface area contributed by atoms with Crippen LogP contribution in [0.3, 0.4) is 0 Å². The average Bonchev–Trinajstić information content (AvgIpc) is 2.94. The van der Waals surface area contributed by atoms with Crippen LogP contribution in [-0.4, -0.2) is 32.7 Å². The highest BCUT2D eigenvalue weighted by molar-refractivity contribution is 8.26. The number of thioether (sulfide) groups is 1. The van der Waals surface area contributed by atoms with Gasteiger partial charge in [0.2, 0.25) is 0 Å². The van der Waals surface area contributed by atoms with Crippen LogP contribution >= 0.6 is 24.0 Å². The van der Waals surface area contributed by atoms with Crippen LogP contribution < -0.4 is 4.74 Å². The largest absolute Gasteiger partial charge is 0.489 e. The number of benzene rings is 2. The van der Waals surface area contributed by atoms with Gasteiger partial charge in [-0.05, 0) is 29.8 Å². The van der Waals surface area contributed by atoms with E-state index in [1.54, 1.807) is 42.5 Å². The standard InChI is InChI=1S/C20H14N2O4S2/c21-10-14-3-1-2-4-15(14)12-26-16-7-5-13(6-8-16)9-17-19(25)22(11-18(23)24)20(27)28-17/h1-9H,11-12H2,(H,23,24)/b17-9+. The molecule has 140 valence electrons. The minimum Gasteiger partial charge on any atom is -0.489 e. The summed E-state index contributed by atoms with van der Waals surface area (Å²) >= 11 is 6.15. The van der Waals surface area contributed by atoms with Gasteiger partial charge in [-0.3, -0.25) is 14.5 Å². The van der Waals surface area contributed by atoms with Gasteiger partial charge in [0.25, 0.3) is 5.91 Å². The van der Waals surface area contributed by atoms with Crippen molar-refractivity contribution in [1.82, 2.24) is 4.90 Å². The third-order valence-corrected chi connectivity index (χ3v) is 5.25. The normalized spacial score (nSPS) is 15.0. The first-order valence-corrected chi connectivity index (χ1v) is 9.38. The number of rotatable bonds is 6. The molecular formula is C20H14N2O4S2. The Hall–Kier alpha value is -3.15.